The van der Waals surface area contributed by atoms with Crippen LogP contribution in [0.15, 0.2) is 12.2 Å². The van der Waals surface area contributed by atoms with E-state index in [2.05, 4.69) is 6.58 Å². The summed E-state index contributed by atoms with van der Waals surface area (Å²) in [5.74, 6) is -11.5. The van der Waals surface area contributed by atoms with Crippen LogP contribution in [0.1, 0.15) is 83.1 Å². The Labute approximate surface area is 302 Å². The lowest BCUT2D eigenvalue weighted by molar-refractivity contribution is -0.231. The van der Waals surface area contributed by atoms with Crippen molar-refractivity contribution in [2.75, 3.05) is 0 Å². The van der Waals surface area contributed by atoms with Crippen LogP contribution in [0.2, 0.25) is 0 Å². The Balaban J connectivity index is 2.59. The number of Topliss-reactive ketones (excluding diaryl/α,β-unsaturated/α-hetero) is 1. The zero-order valence-corrected chi connectivity index (χ0v) is 31.7. The van der Waals surface area contributed by atoms with Crippen LogP contribution in [0, 0.1) is 29.1 Å². The van der Waals surface area contributed by atoms with Crippen molar-refractivity contribution in [3.8, 4) is 0 Å². The molecule has 3 rings (SSSR count). The molecular formula is C36H50O16. The molecule has 0 aromatic carbocycles. The molecule has 0 N–H and O–H groups in total. The van der Waals surface area contributed by atoms with Crippen molar-refractivity contribution in [3.05, 3.63) is 12.2 Å². The summed E-state index contributed by atoms with van der Waals surface area (Å²) < 4.78 is 47.0. The van der Waals surface area contributed by atoms with Gasteiger partial charge >= 0.3 is 41.8 Å². The summed E-state index contributed by atoms with van der Waals surface area (Å²) in [5, 5.41) is 0. The first-order valence-electron chi connectivity index (χ1n) is 17.0. The Kier molecular flexibility index (Phi) is 12.7. The highest BCUT2D eigenvalue weighted by molar-refractivity contribution is 5.90. The molecule has 0 aromatic rings. The third kappa shape index (κ3) is 8.64. The predicted octanol–water partition coefficient (Wildman–Crippen LogP) is 2.35. The van der Waals surface area contributed by atoms with Gasteiger partial charge in [-0.2, -0.15) is 0 Å². The number of carbonyl (C=O) groups excluding carboxylic acids is 8. The van der Waals surface area contributed by atoms with Crippen LogP contribution in [-0.4, -0.2) is 102 Å². The number of rotatable bonds is 8. The number of ether oxygens (including phenoxy) is 8. The number of hydrogen-bond donors (Lipinski definition) is 0. The highest BCUT2D eigenvalue weighted by atomic mass is 16.6. The second kappa shape index (κ2) is 15.7. The molecule has 2 saturated carbocycles. The molecule has 1 saturated heterocycles. The molecule has 11 unspecified atom stereocenters. The summed E-state index contributed by atoms with van der Waals surface area (Å²) in [4.78, 5) is 105. The predicted molar refractivity (Wildman–Crippen MR) is 175 cm³/mol. The van der Waals surface area contributed by atoms with Crippen molar-refractivity contribution in [3.63, 3.8) is 0 Å². The average Bonchev–Trinajstić information content (AvgIpc) is 3.76. The molecule has 12 atom stereocenters. The maximum Gasteiger partial charge on any atom is 0.309 e. The van der Waals surface area contributed by atoms with E-state index in [1.165, 1.54) is 13.8 Å². The number of epoxide rings is 1. The zero-order chi connectivity index (χ0) is 39.8. The topological polar surface area (TPSA) is 214 Å². The lowest BCUT2D eigenvalue weighted by Gasteiger charge is -2.47. The van der Waals surface area contributed by atoms with E-state index in [9.17, 15) is 38.4 Å². The second-order valence-corrected chi connectivity index (χ2v) is 14.7. The fourth-order valence-electron chi connectivity index (χ4n) is 7.55. The van der Waals surface area contributed by atoms with E-state index in [0.717, 1.165) is 41.5 Å². The second-order valence-electron chi connectivity index (χ2n) is 14.7. The van der Waals surface area contributed by atoms with Crippen LogP contribution in [0.25, 0.3) is 0 Å². The van der Waals surface area contributed by atoms with E-state index in [0.29, 0.717) is 0 Å². The first kappa shape index (κ1) is 42.1. The van der Waals surface area contributed by atoms with Crippen LogP contribution in [0.5, 0.6) is 0 Å². The third-order valence-electron chi connectivity index (χ3n) is 9.72. The van der Waals surface area contributed by atoms with Gasteiger partial charge in [-0.3, -0.25) is 38.4 Å². The largest absolute Gasteiger partial charge is 0.461 e. The molecule has 0 radical (unpaired) electrons. The summed E-state index contributed by atoms with van der Waals surface area (Å²) in [6, 6.07) is 0. The number of fused-ring (bicyclic) bond motifs is 2. The molecule has 16 heteroatoms. The van der Waals surface area contributed by atoms with Gasteiger partial charge in [0.2, 0.25) is 6.10 Å². The van der Waals surface area contributed by atoms with Crippen molar-refractivity contribution in [1.82, 2.24) is 0 Å². The summed E-state index contributed by atoms with van der Waals surface area (Å²) in [6.45, 7) is 19.7. The maximum absolute atomic E-state index is 14.4. The third-order valence-corrected chi connectivity index (χ3v) is 9.72. The van der Waals surface area contributed by atoms with Crippen LogP contribution in [0.3, 0.4) is 0 Å². The van der Waals surface area contributed by atoms with Crippen LogP contribution in [-0.2, 0) is 76.3 Å². The molecule has 0 aromatic heterocycles. The molecule has 16 nitrogen and oxygen atoms in total. The highest BCUT2D eigenvalue weighted by Gasteiger charge is 2.69. The fourth-order valence-corrected chi connectivity index (χ4v) is 7.55. The van der Waals surface area contributed by atoms with Crippen molar-refractivity contribution in [2.24, 2.45) is 29.1 Å². The van der Waals surface area contributed by atoms with Crippen molar-refractivity contribution >= 4 is 47.6 Å². The molecule has 0 spiro atoms. The van der Waals surface area contributed by atoms with Gasteiger partial charge < -0.3 is 37.9 Å². The van der Waals surface area contributed by atoms with E-state index in [-0.39, 0.29) is 5.57 Å². The maximum atomic E-state index is 14.4. The Morgan fingerprint density at radius 1 is 0.692 bits per heavy atom. The lowest BCUT2D eigenvalue weighted by Crippen LogP contribution is -2.65. The van der Waals surface area contributed by atoms with Gasteiger partial charge in [-0.1, -0.05) is 41.2 Å². The van der Waals surface area contributed by atoms with Gasteiger partial charge in [0, 0.05) is 64.7 Å². The van der Waals surface area contributed by atoms with Crippen LogP contribution >= 0.6 is 0 Å². The fraction of sp³-hybridized carbons (Fsp3) is 0.722. The number of carbonyl (C=O) groups is 8. The van der Waals surface area contributed by atoms with E-state index in [4.69, 9.17) is 37.9 Å². The van der Waals surface area contributed by atoms with Gasteiger partial charge in [0.05, 0.1) is 18.1 Å². The van der Waals surface area contributed by atoms with E-state index < -0.39 is 131 Å². The molecule has 2 aliphatic carbocycles. The quantitative estimate of drug-likeness (QED) is 0.151. The van der Waals surface area contributed by atoms with Crippen LogP contribution < -0.4 is 0 Å². The van der Waals surface area contributed by atoms with E-state index in [1.807, 2.05) is 0 Å². The van der Waals surface area contributed by atoms with Crippen molar-refractivity contribution in [2.45, 2.75) is 138 Å². The summed E-state index contributed by atoms with van der Waals surface area (Å²) >= 11 is 0. The average molecular weight is 739 g/mol. The monoisotopic (exact) mass is 738 g/mol. The first-order valence-corrected chi connectivity index (χ1v) is 17.0. The summed E-state index contributed by atoms with van der Waals surface area (Å²) in [5.41, 5.74) is -3.70. The summed E-state index contributed by atoms with van der Waals surface area (Å²) in [6.07, 6.45) is -11.7. The van der Waals surface area contributed by atoms with Gasteiger partial charge in [0.15, 0.2) is 23.6 Å². The Morgan fingerprint density at radius 2 is 1.17 bits per heavy atom. The molecule has 1 heterocycles. The van der Waals surface area contributed by atoms with Crippen LogP contribution in [0.4, 0.5) is 0 Å². The minimum absolute atomic E-state index is 0.0270. The summed E-state index contributed by atoms with van der Waals surface area (Å²) in [7, 11) is 0. The molecule has 0 amide bonds. The Hall–Kier alpha value is -4.34. The number of esters is 7. The van der Waals surface area contributed by atoms with Gasteiger partial charge in [-0.05, 0) is 12.5 Å². The Morgan fingerprint density at radius 3 is 1.63 bits per heavy atom. The number of ketones is 1. The van der Waals surface area contributed by atoms with Crippen molar-refractivity contribution in [1.29, 1.82) is 0 Å². The first-order chi connectivity index (χ1) is 23.9. The minimum atomic E-state index is -2.43. The van der Waals surface area contributed by atoms with E-state index >= 15 is 0 Å². The Bertz CT molecular complexity index is 1500. The van der Waals surface area contributed by atoms with Crippen molar-refractivity contribution < 1.29 is 76.3 Å². The van der Waals surface area contributed by atoms with Gasteiger partial charge in [-0.25, -0.2) is 0 Å². The molecule has 52 heavy (non-hydrogen) atoms. The standard InChI is InChI=1S/C36H50O16/c1-14(2)34(44)51-26-15(3)23-24(28(26)45-17(5)37)30(47-19(7)39)35(11,12)32-27(50-32)16(4)25(43)31(48-20(8)40)36(13,52-22(10)42)33(49-21(9)41)29(23)46-18(6)38/h14,16,23-24,26-33H,3H2,1-2,4-13H3/t16?,23?,24?,26?,27?,28?,29?,30?,31-,32?,33?,36?/m0/s1. The van der Waals surface area contributed by atoms with Gasteiger partial charge in [-0.15, -0.1) is 0 Å². The lowest BCUT2D eigenvalue weighted by atomic mass is 9.67. The molecular weight excluding hydrogens is 688 g/mol. The van der Waals surface area contributed by atoms with E-state index in [1.54, 1.807) is 27.7 Å². The SMILES string of the molecule is C=C1C(OC(=O)C(C)C)C(OC(C)=O)C2C1C(OC(C)=O)C(OC(C)=O)C(C)(OC(C)=O)[C@@H](OC(C)=O)C(=O)C(C)C1OC1C(C)(C)C2OC(C)=O. The van der Waals surface area contributed by atoms with Gasteiger partial charge in [0.1, 0.15) is 18.3 Å². The molecule has 1 aliphatic heterocycles. The molecule has 290 valence electrons. The number of hydrogen-bond acceptors (Lipinski definition) is 16. The molecule has 3 aliphatic rings. The smallest absolute Gasteiger partial charge is 0.309 e. The van der Waals surface area contributed by atoms with Gasteiger partial charge in [0.25, 0.3) is 0 Å². The molecule has 0 bridgehead atoms. The normalized spacial score (nSPS) is 35.3. The zero-order valence-electron chi connectivity index (χ0n) is 31.7. The minimum Gasteiger partial charge on any atom is -0.461 e. The highest BCUT2D eigenvalue weighted by Crippen LogP contribution is 2.56. The molecule has 3 fully saturated rings.